The second-order valence-electron chi connectivity index (χ2n) is 10.8. The number of nitrogens with zero attached hydrogens (tertiary/aromatic N) is 5. The molecule has 0 unspecified atom stereocenters. The molecule has 4 aromatic rings. The van der Waals surface area contributed by atoms with Crippen LogP contribution in [0.5, 0.6) is 5.75 Å². The molecule has 0 atom stereocenters. The Bertz CT molecular complexity index is 2840. The molecular weight excluding hydrogens is 1310 g/mol. The molecule has 0 spiro atoms. The number of carbonyl (C=O) groups is 1. The van der Waals surface area contributed by atoms with Crippen LogP contribution in [0.25, 0.3) is 14.3 Å². The Kier molecular flexibility index (Phi) is 37.4. The van der Waals surface area contributed by atoms with Crippen LogP contribution in [0.3, 0.4) is 0 Å². The zero-order valence-corrected chi connectivity index (χ0v) is 53.9. The first-order valence-corrected chi connectivity index (χ1v) is 29.9. The summed E-state index contributed by atoms with van der Waals surface area (Å²) in [6, 6.07) is 8.30. The van der Waals surface area contributed by atoms with Gasteiger partial charge in [-0.3, -0.25) is 18.4 Å². The normalized spacial score (nSPS) is 11.6. The van der Waals surface area contributed by atoms with Crippen molar-refractivity contribution in [2.75, 3.05) is 30.5 Å². The summed E-state index contributed by atoms with van der Waals surface area (Å²) in [5, 5.41) is 64.3. The smallest absolute Gasteiger partial charge is 0.766 e. The van der Waals surface area contributed by atoms with Crippen molar-refractivity contribution in [2.24, 2.45) is 20.5 Å². The minimum Gasteiger partial charge on any atom is -0.766 e. The van der Waals surface area contributed by atoms with Gasteiger partial charge in [0.2, 0.25) is 10.4 Å². The van der Waals surface area contributed by atoms with E-state index in [0.29, 0.717) is 6.07 Å². The second-order valence-corrected chi connectivity index (χ2v) is 21.5. The summed E-state index contributed by atoms with van der Waals surface area (Å²) in [6.07, 6.45) is 0. The van der Waals surface area contributed by atoms with Crippen LogP contribution in [0.1, 0.15) is 10.4 Å². The number of nitrogens with two attached hydrogens (primary N) is 1. The molecule has 4 rings (SSSR count). The van der Waals surface area contributed by atoms with Gasteiger partial charge in [0.1, 0.15) is 21.5 Å². The van der Waals surface area contributed by atoms with Gasteiger partial charge in [-0.15, -0.1) is 19.7 Å². The van der Waals surface area contributed by atoms with Crippen molar-refractivity contribution in [3.8, 4) is 5.75 Å². The summed E-state index contributed by atoms with van der Waals surface area (Å²) in [6.45, 7) is -1.58. The van der Waals surface area contributed by atoms with Crippen molar-refractivity contribution in [3.63, 3.8) is 0 Å². The number of anilines is 1. The Morgan fingerprint density at radius 3 is 1.91 bits per heavy atom. The van der Waals surface area contributed by atoms with Gasteiger partial charge in [0.05, 0.1) is 84.8 Å². The Morgan fingerprint density at radius 2 is 1.36 bits per heavy atom. The van der Waals surface area contributed by atoms with E-state index in [0.717, 1.165) is 48.5 Å². The monoisotopic (exact) mass is 1320 g/mol. The Balaban J connectivity index is -0.00000498. The number of aromatic hydroxyl groups is 1. The summed E-state index contributed by atoms with van der Waals surface area (Å²) in [5.74, 6) is -4.59. The van der Waals surface area contributed by atoms with E-state index in [-0.39, 0.29) is 183 Å². The number of aromatic carboxylic acids is 1. The Morgan fingerprint density at radius 1 is 0.791 bits per heavy atom. The Hall–Kier alpha value is 1.77. The molecule has 0 aromatic heterocycles. The molecule has 27 nitrogen and oxygen atoms in total. The van der Waals surface area contributed by atoms with Gasteiger partial charge in [0, 0.05) is 5.56 Å². The van der Waals surface area contributed by atoms with Crippen molar-refractivity contribution in [3.05, 3.63) is 63.7 Å². The van der Waals surface area contributed by atoms with Gasteiger partial charge in [-0.25, -0.2) is 50.7 Å². The molecule has 67 heavy (non-hydrogen) atoms. The van der Waals surface area contributed by atoms with Gasteiger partial charge < -0.3 is 43.9 Å². The number of hydrogen-bond donors (Lipinski definition) is 2. The molecule has 0 saturated heterocycles. The average Bonchev–Trinajstić information content (AvgIpc) is 3.18. The third-order valence-corrected chi connectivity index (χ3v) is 12.7. The topological polar surface area (TPSA) is 442 Å². The number of benzene rings is 4. The first-order chi connectivity index (χ1) is 29.0. The van der Waals surface area contributed by atoms with Gasteiger partial charge in [-0.05, 0) is 72.5 Å². The van der Waals surface area contributed by atoms with E-state index in [1.165, 1.54) is 0 Å². The van der Waals surface area contributed by atoms with Crippen LogP contribution >= 0.6 is 60.0 Å². The zero-order chi connectivity index (χ0) is 46.5. The molecule has 0 saturated carbocycles. The van der Waals surface area contributed by atoms with Crippen LogP contribution in [-0.4, -0.2) is 78.6 Å². The standard InChI is InChI=1S/C27H25N5O21S6.I2N.5Na/c28-23-22-14(11-21(58(42,43)44)25(23)32-29-15-2-1-3-16(12-15)57(40,41)9-7-49-59(45,46)47)10-20(54-52-50-36)24(26(22)33)31-30-19-13-17(4-5-18(19)27(34)35)56(38,39)8-6-48-55-53-51-37;1-2-3;;;;;/h1-5,10-13,33,36-37H,6-9,28H2,(H,34,35)(H,42,43,44)(H,45,46,47);;;;;;/q;-1;5*+1/p-5. The molecule has 0 amide bonds. The van der Waals surface area contributed by atoms with Crippen LogP contribution in [0.4, 0.5) is 28.4 Å². The summed E-state index contributed by atoms with van der Waals surface area (Å²) in [5.41, 5.74) is 2.13. The van der Waals surface area contributed by atoms with Crippen LogP contribution in [0.2, 0.25) is 0 Å². The van der Waals surface area contributed by atoms with Gasteiger partial charge in [-0.2, -0.15) is 9.45 Å². The van der Waals surface area contributed by atoms with E-state index in [1.807, 2.05) is 18.6 Å². The van der Waals surface area contributed by atoms with Gasteiger partial charge in [0.25, 0.3) is 0 Å². The van der Waals surface area contributed by atoms with Crippen molar-refractivity contribution in [1.29, 1.82) is 0 Å². The molecule has 0 aliphatic rings. The van der Waals surface area contributed by atoms with Crippen molar-refractivity contribution in [1.82, 2.24) is 0 Å². The van der Waals surface area contributed by atoms with Gasteiger partial charge >= 0.3 is 148 Å². The zero-order valence-electron chi connectivity index (χ0n) is 34.7. The van der Waals surface area contributed by atoms with E-state index in [1.54, 1.807) is 0 Å². The van der Waals surface area contributed by atoms with Crippen LogP contribution in [-0.2, 0) is 67.3 Å². The van der Waals surface area contributed by atoms with E-state index in [4.69, 9.17) is 9.30 Å². The third-order valence-electron chi connectivity index (χ3n) is 7.10. The fraction of sp³-hybridized carbons (Fsp3) is 0.148. The molecule has 3 N–H and O–H groups in total. The van der Waals surface area contributed by atoms with Crippen LogP contribution < -0.4 is 169 Å². The van der Waals surface area contributed by atoms with E-state index >= 15 is 0 Å². The molecular formula is C27H20I2N6Na5O21S6-. The first kappa shape index (κ1) is 73.0. The Labute approximate surface area is 519 Å². The predicted octanol–water partition coefficient (Wildman–Crippen LogP) is -12.6. The van der Waals surface area contributed by atoms with Crippen molar-refractivity contribution >= 4 is 145 Å². The minimum atomic E-state index is -5.49. The number of rotatable bonds is 21. The summed E-state index contributed by atoms with van der Waals surface area (Å²) in [7, 11) is -19.3. The maximum Gasteiger partial charge on any atom is 1.00 e. The van der Waals surface area contributed by atoms with E-state index < -0.39 is 147 Å². The number of hydrogen-bond acceptors (Lipinski definition) is 28. The fourth-order valence-corrected chi connectivity index (χ4v) is 8.71. The number of sulfone groups is 2. The van der Waals surface area contributed by atoms with E-state index in [9.17, 15) is 68.3 Å². The average molecular weight is 1330 g/mol. The number of azo groups is 2. The SMILES string of the molecule is Nc1c(N=Nc2cccc(S(=O)(=O)CCOS(=O)(=O)[O-])c2)c(S(=O)(=O)[O-])cc2cc(SOO[O-])c(N=Nc3cc(S(=O)(=O)CCOSOO[O-])ccc3C(=O)[O-])c(O)c12.[N-]=II.[Na+].[Na+].[Na+].[Na+].[Na+]. The maximum absolute atomic E-state index is 12.9. The molecule has 340 valence electrons. The number of nitrogen functional groups attached to an aromatic ring is 1. The molecule has 0 radical (unpaired) electrons. The first-order valence-electron chi connectivity index (χ1n) is 15.2. The molecule has 0 heterocycles. The van der Waals surface area contributed by atoms with E-state index in [2.05, 4.69) is 47.6 Å². The number of fused-ring (bicyclic) bond motifs is 1. The molecule has 0 aliphatic heterocycles. The quantitative estimate of drug-likeness (QED) is 0.00747. The number of carboxylic acid groups (broad SMARTS) is 1. The fourth-order valence-electron chi connectivity index (χ4n) is 4.62. The minimum absolute atomic E-state index is 0. The molecule has 40 heteroatoms. The molecule has 0 bridgehead atoms. The maximum atomic E-state index is 12.9. The molecule has 0 fully saturated rings. The van der Waals surface area contributed by atoms with Crippen LogP contribution in [0, 0.1) is 0 Å². The van der Waals surface area contributed by atoms with Crippen LogP contribution in [0.15, 0.2) is 94.6 Å². The summed E-state index contributed by atoms with van der Waals surface area (Å²) < 4.78 is 145. The molecule has 4 aromatic carbocycles. The van der Waals surface area contributed by atoms with Crippen molar-refractivity contribution < 1.29 is 243 Å². The largest absolute Gasteiger partial charge is 1.00 e. The van der Waals surface area contributed by atoms with Gasteiger partial charge in [0.15, 0.2) is 37.7 Å². The van der Waals surface area contributed by atoms with Crippen molar-refractivity contribution in [2.45, 2.75) is 19.6 Å². The second kappa shape index (κ2) is 34.4. The number of carboxylic acids is 1. The summed E-state index contributed by atoms with van der Waals surface area (Å²) >= 11 is 1.59. The number of carbonyl (C=O) groups excluding carboxylic acids is 1. The predicted molar refractivity (Wildman–Crippen MR) is 218 cm³/mol. The molecule has 0 aliphatic carbocycles. The summed E-state index contributed by atoms with van der Waals surface area (Å²) in [4.78, 5) is 9.31. The number of phenols is 1. The van der Waals surface area contributed by atoms with Gasteiger partial charge in [-0.1, -0.05) is 6.07 Å². The number of phenolic OH excluding ortho intramolecular Hbond substituents is 1. The third kappa shape index (κ3) is 23.1. The number of halogens is 2.